The van der Waals surface area contributed by atoms with E-state index in [4.69, 9.17) is 0 Å². The predicted octanol–water partition coefficient (Wildman–Crippen LogP) is 0.276. The molecule has 1 aliphatic carbocycles. The average molecular weight is 250 g/mol. The van der Waals surface area contributed by atoms with E-state index in [1.807, 2.05) is 0 Å². The summed E-state index contributed by atoms with van der Waals surface area (Å²) in [6.07, 6.45) is 3.86. The maximum Gasteiger partial charge on any atom is 0.251 e. The molecule has 0 saturated heterocycles. The van der Waals surface area contributed by atoms with Gasteiger partial charge in [0.2, 0.25) is 0 Å². The van der Waals surface area contributed by atoms with Crippen molar-refractivity contribution in [2.75, 3.05) is 6.54 Å². The van der Waals surface area contributed by atoms with Crippen LogP contribution in [0.3, 0.4) is 0 Å². The van der Waals surface area contributed by atoms with Crippen LogP contribution >= 0.6 is 0 Å². The Morgan fingerprint density at radius 1 is 1.56 bits per heavy atom. The second kappa shape index (κ2) is 5.35. The predicted molar refractivity (Wildman–Crippen MR) is 67.4 cm³/mol. The maximum absolute atomic E-state index is 11.8. The number of pyridine rings is 1. The normalized spacial score (nSPS) is 23.0. The zero-order valence-corrected chi connectivity index (χ0v) is 10.4. The van der Waals surface area contributed by atoms with E-state index in [1.54, 1.807) is 19.3 Å². The molecule has 18 heavy (non-hydrogen) atoms. The number of aliphatic hydroxyl groups is 1. The Balaban J connectivity index is 1.91. The Morgan fingerprint density at radius 2 is 2.33 bits per heavy atom. The highest BCUT2D eigenvalue weighted by Gasteiger charge is 2.23. The third kappa shape index (κ3) is 2.98. The van der Waals surface area contributed by atoms with Gasteiger partial charge in [0.15, 0.2) is 0 Å². The summed E-state index contributed by atoms with van der Waals surface area (Å²) in [6, 6.07) is 2.96. The molecule has 1 fully saturated rings. The number of aromatic nitrogens is 1. The van der Waals surface area contributed by atoms with Gasteiger partial charge in [-0.2, -0.15) is 0 Å². The summed E-state index contributed by atoms with van der Waals surface area (Å²) in [5.74, 6) is 0.115. The van der Waals surface area contributed by atoms with Gasteiger partial charge in [0.25, 0.3) is 11.5 Å². The third-order valence-corrected chi connectivity index (χ3v) is 3.43. The standard InChI is InChI=1S/C13H18N2O3/c1-15-5-4-10(7-12(15)17)13(18)14-8-9-2-3-11(16)6-9/h4-5,7,9,11,16H,2-3,6,8H2,1H3,(H,14,18). The summed E-state index contributed by atoms with van der Waals surface area (Å²) in [4.78, 5) is 23.2. The van der Waals surface area contributed by atoms with E-state index >= 15 is 0 Å². The largest absolute Gasteiger partial charge is 0.393 e. The Bertz CT molecular complexity index is 495. The zero-order valence-electron chi connectivity index (χ0n) is 10.4. The molecule has 2 atom stereocenters. The molecule has 5 nitrogen and oxygen atoms in total. The molecule has 1 heterocycles. The molecule has 98 valence electrons. The van der Waals surface area contributed by atoms with Crippen molar-refractivity contribution in [3.8, 4) is 0 Å². The Morgan fingerprint density at radius 3 is 2.94 bits per heavy atom. The van der Waals surface area contributed by atoms with Gasteiger partial charge in [0.1, 0.15) is 0 Å². The summed E-state index contributed by atoms with van der Waals surface area (Å²) in [5, 5.41) is 12.2. The minimum absolute atomic E-state index is 0.195. The summed E-state index contributed by atoms with van der Waals surface area (Å²) in [6.45, 7) is 0.561. The van der Waals surface area contributed by atoms with Crippen molar-refractivity contribution >= 4 is 5.91 Å². The van der Waals surface area contributed by atoms with Crippen molar-refractivity contribution in [1.29, 1.82) is 0 Å². The lowest BCUT2D eigenvalue weighted by Gasteiger charge is -2.10. The Kier molecular flexibility index (Phi) is 3.81. The number of carbonyl (C=O) groups is 1. The van der Waals surface area contributed by atoms with E-state index in [0.29, 0.717) is 18.0 Å². The first-order valence-corrected chi connectivity index (χ1v) is 6.19. The van der Waals surface area contributed by atoms with Crippen LogP contribution in [0.15, 0.2) is 23.1 Å². The van der Waals surface area contributed by atoms with Crippen LogP contribution in [-0.2, 0) is 7.05 Å². The monoisotopic (exact) mass is 250 g/mol. The fourth-order valence-corrected chi connectivity index (χ4v) is 2.26. The first-order valence-electron chi connectivity index (χ1n) is 6.19. The van der Waals surface area contributed by atoms with Gasteiger partial charge in [-0.1, -0.05) is 0 Å². The van der Waals surface area contributed by atoms with E-state index < -0.39 is 0 Å². The fraction of sp³-hybridized carbons (Fsp3) is 0.538. The second-order valence-corrected chi connectivity index (χ2v) is 4.91. The van der Waals surface area contributed by atoms with Crippen LogP contribution in [0.4, 0.5) is 0 Å². The highest BCUT2D eigenvalue weighted by Crippen LogP contribution is 2.24. The summed E-state index contributed by atoms with van der Waals surface area (Å²) < 4.78 is 1.42. The first kappa shape index (κ1) is 12.8. The van der Waals surface area contributed by atoms with Crippen LogP contribution in [0.2, 0.25) is 0 Å². The molecule has 1 aromatic heterocycles. The van der Waals surface area contributed by atoms with Gasteiger partial charge in [0.05, 0.1) is 6.10 Å². The minimum Gasteiger partial charge on any atom is -0.393 e. The lowest BCUT2D eigenvalue weighted by atomic mass is 10.1. The van der Waals surface area contributed by atoms with Crippen LogP contribution in [0.5, 0.6) is 0 Å². The van der Waals surface area contributed by atoms with E-state index in [2.05, 4.69) is 5.32 Å². The highest BCUT2D eigenvalue weighted by atomic mass is 16.3. The van der Waals surface area contributed by atoms with Gasteiger partial charge in [0, 0.05) is 31.4 Å². The Hall–Kier alpha value is -1.62. The average Bonchev–Trinajstić information content (AvgIpc) is 2.75. The van der Waals surface area contributed by atoms with Crippen molar-refractivity contribution in [2.45, 2.75) is 25.4 Å². The quantitative estimate of drug-likeness (QED) is 0.809. The number of aryl methyl sites for hydroxylation is 1. The number of rotatable bonds is 3. The highest BCUT2D eigenvalue weighted by molar-refractivity contribution is 5.93. The Labute approximate surface area is 105 Å². The van der Waals surface area contributed by atoms with E-state index in [9.17, 15) is 14.7 Å². The third-order valence-electron chi connectivity index (χ3n) is 3.43. The molecule has 2 N–H and O–H groups in total. The first-order chi connectivity index (χ1) is 8.56. The van der Waals surface area contributed by atoms with Crippen LogP contribution in [-0.4, -0.2) is 28.2 Å². The van der Waals surface area contributed by atoms with Crippen molar-refractivity contribution in [3.63, 3.8) is 0 Å². The molecule has 0 aromatic carbocycles. The number of hydrogen-bond acceptors (Lipinski definition) is 3. The van der Waals surface area contributed by atoms with Gasteiger partial charge in [-0.3, -0.25) is 9.59 Å². The maximum atomic E-state index is 11.8. The molecule has 2 unspecified atom stereocenters. The molecule has 1 amide bonds. The summed E-state index contributed by atoms with van der Waals surface area (Å²) in [5.41, 5.74) is 0.190. The molecular formula is C13H18N2O3. The number of aliphatic hydroxyl groups excluding tert-OH is 1. The fourth-order valence-electron chi connectivity index (χ4n) is 2.26. The molecule has 0 aliphatic heterocycles. The number of nitrogens with one attached hydrogen (secondary N) is 1. The SMILES string of the molecule is Cn1ccc(C(=O)NCC2CCC(O)C2)cc1=O. The molecule has 1 aromatic rings. The van der Waals surface area contributed by atoms with Crippen LogP contribution in [0.25, 0.3) is 0 Å². The zero-order chi connectivity index (χ0) is 13.1. The minimum atomic E-state index is -0.228. The van der Waals surface area contributed by atoms with E-state index in [1.165, 1.54) is 10.6 Å². The van der Waals surface area contributed by atoms with Crippen LogP contribution in [0, 0.1) is 5.92 Å². The van der Waals surface area contributed by atoms with Crippen molar-refractivity contribution in [3.05, 3.63) is 34.2 Å². The van der Waals surface area contributed by atoms with Crippen molar-refractivity contribution < 1.29 is 9.90 Å². The van der Waals surface area contributed by atoms with Gasteiger partial charge in [-0.05, 0) is 31.2 Å². The lowest BCUT2D eigenvalue weighted by Crippen LogP contribution is -2.30. The molecule has 2 rings (SSSR count). The molecule has 5 heteroatoms. The van der Waals surface area contributed by atoms with E-state index in [-0.39, 0.29) is 17.6 Å². The number of nitrogens with zero attached hydrogens (tertiary/aromatic N) is 1. The molecule has 0 radical (unpaired) electrons. The number of amides is 1. The van der Waals surface area contributed by atoms with Gasteiger partial charge >= 0.3 is 0 Å². The molecular weight excluding hydrogens is 232 g/mol. The van der Waals surface area contributed by atoms with Gasteiger partial charge in [-0.25, -0.2) is 0 Å². The number of hydrogen-bond donors (Lipinski definition) is 2. The van der Waals surface area contributed by atoms with Crippen molar-refractivity contribution in [2.24, 2.45) is 13.0 Å². The van der Waals surface area contributed by atoms with Crippen LogP contribution in [0.1, 0.15) is 29.6 Å². The van der Waals surface area contributed by atoms with Crippen LogP contribution < -0.4 is 10.9 Å². The topological polar surface area (TPSA) is 71.3 Å². The van der Waals surface area contributed by atoms with Gasteiger partial charge < -0.3 is 15.0 Å². The summed E-state index contributed by atoms with van der Waals surface area (Å²) >= 11 is 0. The molecule has 0 spiro atoms. The van der Waals surface area contributed by atoms with E-state index in [0.717, 1.165) is 19.3 Å². The molecule has 0 bridgehead atoms. The summed E-state index contributed by atoms with van der Waals surface area (Å²) in [7, 11) is 1.64. The second-order valence-electron chi connectivity index (χ2n) is 4.91. The molecule has 1 saturated carbocycles. The smallest absolute Gasteiger partial charge is 0.251 e. The molecule has 1 aliphatic rings. The number of carbonyl (C=O) groups excluding carboxylic acids is 1. The van der Waals surface area contributed by atoms with Crippen molar-refractivity contribution in [1.82, 2.24) is 9.88 Å². The van der Waals surface area contributed by atoms with Gasteiger partial charge in [-0.15, -0.1) is 0 Å². The lowest BCUT2D eigenvalue weighted by molar-refractivity contribution is 0.0944.